The molecule has 0 N–H and O–H groups in total. The Morgan fingerprint density at radius 2 is 1.30 bits per heavy atom. The molecule has 0 aliphatic heterocycles. The first-order chi connectivity index (χ1) is 15.0. The van der Waals surface area contributed by atoms with Gasteiger partial charge in [0, 0.05) is 23.8 Å². The van der Waals surface area contributed by atoms with Crippen molar-refractivity contribution in [1.82, 2.24) is 0 Å². The standard InChI is InChI=1S/C17H8F6O8S2/c18-16(19,20)32(25,26)30-10-6-13-15(14(7-10)31-33(27,28)17(21,22)23)11(24)8-12(29-13)9-4-2-1-3-5-9/h1-8H. The van der Waals surface area contributed by atoms with Gasteiger partial charge in [-0.3, -0.25) is 4.79 Å². The molecule has 0 saturated heterocycles. The van der Waals surface area contributed by atoms with Crippen molar-refractivity contribution in [3.8, 4) is 22.8 Å². The van der Waals surface area contributed by atoms with Crippen molar-refractivity contribution >= 4 is 31.2 Å². The van der Waals surface area contributed by atoms with Crippen LogP contribution in [0.2, 0.25) is 0 Å². The van der Waals surface area contributed by atoms with Gasteiger partial charge in [-0.15, -0.1) is 0 Å². The molecular weight excluding hydrogens is 510 g/mol. The Morgan fingerprint density at radius 1 is 0.758 bits per heavy atom. The van der Waals surface area contributed by atoms with Gasteiger partial charge in [-0.05, 0) is 0 Å². The zero-order valence-electron chi connectivity index (χ0n) is 15.5. The third-order valence-electron chi connectivity index (χ3n) is 3.80. The molecule has 8 nitrogen and oxygen atoms in total. The first kappa shape index (κ1) is 24.4. The third kappa shape index (κ3) is 4.90. The van der Waals surface area contributed by atoms with Crippen molar-refractivity contribution < 1.29 is 56.0 Å². The lowest BCUT2D eigenvalue weighted by Crippen LogP contribution is -2.29. The molecule has 0 aliphatic rings. The average Bonchev–Trinajstić information content (AvgIpc) is 2.65. The lowest BCUT2D eigenvalue weighted by atomic mass is 10.1. The molecule has 0 radical (unpaired) electrons. The summed E-state index contributed by atoms with van der Waals surface area (Å²) in [5.41, 5.74) is -13.6. The summed E-state index contributed by atoms with van der Waals surface area (Å²) < 4.78 is 135. The van der Waals surface area contributed by atoms with Crippen LogP contribution in [0.4, 0.5) is 26.3 Å². The Bertz CT molecular complexity index is 1470. The predicted octanol–water partition coefficient (Wildman–Crippen LogP) is 3.92. The second kappa shape index (κ2) is 7.95. The van der Waals surface area contributed by atoms with Crippen LogP contribution in [0.15, 0.2) is 57.7 Å². The SMILES string of the molecule is O=c1cc(-c2ccccc2)oc2cc(OS(=O)(=O)C(F)(F)F)cc(OS(=O)(=O)C(F)(F)F)c12. The fraction of sp³-hybridized carbons (Fsp3) is 0.118. The summed E-state index contributed by atoms with van der Waals surface area (Å²) in [6, 6.07) is 8.75. The Balaban J connectivity index is 2.29. The van der Waals surface area contributed by atoms with E-state index < -0.39 is 59.1 Å². The number of halogens is 6. The molecule has 1 heterocycles. The molecule has 0 saturated carbocycles. The molecule has 2 aromatic carbocycles. The monoisotopic (exact) mass is 518 g/mol. The lowest BCUT2D eigenvalue weighted by molar-refractivity contribution is -0.0502. The van der Waals surface area contributed by atoms with Gasteiger partial charge in [0.1, 0.15) is 22.5 Å². The van der Waals surface area contributed by atoms with Crippen LogP contribution in [-0.2, 0) is 20.2 Å². The van der Waals surface area contributed by atoms with Crippen LogP contribution in [-0.4, -0.2) is 27.9 Å². The van der Waals surface area contributed by atoms with Crippen LogP contribution in [0.5, 0.6) is 11.5 Å². The maximum Gasteiger partial charge on any atom is 0.534 e. The molecule has 1 aromatic heterocycles. The smallest absolute Gasteiger partial charge is 0.456 e. The predicted molar refractivity (Wildman–Crippen MR) is 99.1 cm³/mol. The molecule has 0 aliphatic carbocycles. The number of rotatable bonds is 5. The minimum Gasteiger partial charge on any atom is -0.456 e. The Morgan fingerprint density at radius 3 is 1.85 bits per heavy atom. The van der Waals surface area contributed by atoms with Crippen molar-refractivity contribution in [2.75, 3.05) is 0 Å². The second-order valence-electron chi connectivity index (χ2n) is 6.10. The van der Waals surface area contributed by atoms with E-state index in [-0.39, 0.29) is 17.4 Å². The minimum absolute atomic E-state index is 0.0635. The molecule has 16 heteroatoms. The topological polar surface area (TPSA) is 117 Å². The molecule has 0 fully saturated rings. The maximum atomic E-state index is 12.7. The molecule has 0 amide bonds. The van der Waals surface area contributed by atoms with E-state index in [1.54, 1.807) is 6.07 Å². The van der Waals surface area contributed by atoms with Gasteiger partial charge >= 0.3 is 31.3 Å². The summed E-state index contributed by atoms with van der Waals surface area (Å²) in [4.78, 5) is 12.5. The Kier molecular flexibility index (Phi) is 5.87. The van der Waals surface area contributed by atoms with Crippen LogP contribution >= 0.6 is 0 Å². The van der Waals surface area contributed by atoms with Crippen molar-refractivity contribution in [3.63, 3.8) is 0 Å². The van der Waals surface area contributed by atoms with E-state index in [9.17, 15) is 48.0 Å². The van der Waals surface area contributed by atoms with Crippen LogP contribution in [0.25, 0.3) is 22.3 Å². The Labute approximate surface area is 180 Å². The molecule has 178 valence electrons. The summed E-state index contributed by atoms with van der Waals surface area (Å²) >= 11 is 0. The fourth-order valence-electron chi connectivity index (χ4n) is 2.43. The molecule has 0 unspecified atom stereocenters. The molecule has 0 bridgehead atoms. The summed E-state index contributed by atoms with van der Waals surface area (Å²) in [5, 5.41) is -0.931. The number of hydrogen-bond donors (Lipinski definition) is 0. The van der Waals surface area contributed by atoms with Crippen molar-refractivity contribution in [2.45, 2.75) is 11.0 Å². The van der Waals surface area contributed by atoms with E-state index in [0.717, 1.165) is 6.07 Å². The number of alkyl halides is 6. The highest BCUT2D eigenvalue weighted by molar-refractivity contribution is 7.88. The van der Waals surface area contributed by atoms with E-state index in [2.05, 4.69) is 8.37 Å². The maximum absolute atomic E-state index is 12.7. The van der Waals surface area contributed by atoms with Crippen LogP contribution in [0.3, 0.4) is 0 Å². The summed E-state index contributed by atoms with van der Waals surface area (Å²) in [5.74, 6) is -3.03. The van der Waals surface area contributed by atoms with Crippen LogP contribution in [0, 0.1) is 0 Å². The molecule has 3 aromatic rings. The van der Waals surface area contributed by atoms with Crippen molar-refractivity contribution in [2.24, 2.45) is 0 Å². The highest BCUT2D eigenvalue weighted by atomic mass is 32.2. The summed E-state index contributed by atoms with van der Waals surface area (Å²) in [6.45, 7) is 0. The van der Waals surface area contributed by atoms with Crippen molar-refractivity contribution in [3.05, 3.63) is 58.8 Å². The van der Waals surface area contributed by atoms with Gasteiger partial charge in [-0.2, -0.15) is 43.2 Å². The number of fused-ring (bicyclic) bond motifs is 1. The molecule has 33 heavy (non-hydrogen) atoms. The van der Waals surface area contributed by atoms with E-state index in [4.69, 9.17) is 4.42 Å². The lowest BCUT2D eigenvalue weighted by Gasteiger charge is -2.14. The Hall–Kier alpha value is -3.27. The van der Waals surface area contributed by atoms with Gasteiger partial charge in [0.25, 0.3) is 0 Å². The van der Waals surface area contributed by atoms with Gasteiger partial charge in [0.05, 0.1) is 0 Å². The molecule has 0 atom stereocenters. The number of benzene rings is 2. The zero-order valence-corrected chi connectivity index (χ0v) is 17.1. The van der Waals surface area contributed by atoms with Crippen molar-refractivity contribution in [1.29, 1.82) is 0 Å². The van der Waals surface area contributed by atoms with E-state index in [1.165, 1.54) is 24.3 Å². The normalized spacial score (nSPS) is 13.2. The van der Waals surface area contributed by atoms with Gasteiger partial charge in [-0.25, -0.2) is 0 Å². The number of hydrogen-bond acceptors (Lipinski definition) is 8. The highest BCUT2D eigenvalue weighted by Crippen LogP contribution is 2.37. The van der Waals surface area contributed by atoms with E-state index >= 15 is 0 Å². The fourth-order valence-corrected chi connectivity index (χ4v) is 3.33. The van der Waals surface area contributed by atoms with Crippen LogP contribution in [0.1, 0.15) is 0 Å². The molecule has 3 rings (SSSR count). The zero-order chi connectivity index (χ0) is 24.8. The largest absolute Gasteiger partial charge is 0.534 e. The first-order valence-corrected chi connectivity index (χ1v) is 11.0. The van der Waals surface area contributed by atoms with E-state index in [1.807, 2.05) is 0 Å². The highest BCUT2D eigenvalue weighted by Gasteiger charge is 2.50. The van der Waals surface area contributed by atoms with E-state index in [0.29, 0.717) is 6.07 Å². The quantitative estimate of drug-likeness (QED) is 0.284. The van der Waals surface area contributed by atoms with Gasteiger partial charge in [0.15, 0.2) is 11.2 Å². The molecular formula is C17H8F6O8S2. The van der Waals surface area contributed by atoms with Gasteiger partial charge in [0.2, 0.25) is 0 Å². The van der Waals surface area contributed by atoms with Crippen LogP contribution < -0.4 is 13.8 Å². The minimum atomic E-state index is -6.42. The average molecular weight is 518 g/mol. The third-order valence-corrected chi connectivity index (χ3v) is 5.74. The molecule has 0 spiro atoms. The van der Waals surface area contributed by atoms with Gasteiger partial charge < -0.3 is 12.8 Å². The first-order valence-electron chi connectivity index (χ1n) is 8.21. The summed E-state index contributed by atoms with van der Waals surface area (Å²) in [7, 11) is -12.7. The second-order valence-corrected chi connectivity index (χ2v) is 9.18. The summed E-state index contributed by atoms with van der Waals surface area (Å²) in [6.07, 6.45) is 0. The van der Waals surface area contributed by atoms with Gasteiger partial charge in [-0.1, -0.05) is 30.3 Å².